The van der Waals surface area contributed by atoms with E-state index in [9.17, 15) is 4.79 Å². The van der Waals surface area contributed by atoms with Crippen LogP contribution in [0, 0.1) is 0 Å². The minimum atomic E-state index is -0.397. The summed E-state index contributed by atoms with van der Waals surface area (Å²) in [5, 5.41) is 4.37. The van der Waals surface area contributed by atoms with Crippen molar-refractivity contribution in [2.24, 2.45) is 5.16 Å². The number of hydrogen-bond acceptors (Lipinski definition) is 8. The van der Waals surface area contributed by atoms with E-state index in [2.05, 4.69) is 5.16 Å². The maximum absolute atomic E-state index is 13.1. The van der Waals surface area contributed by atoms with Gasteiger partial charge in [-0.3, -0.25) is 4.79 Å². The molecule has 1 aliphatic carbocycles. The molecule has 2 aliphatic rings. The normalized spacial score (nSPS) is 18.2. The molecule has 0 saturated carbocycles. The van der Waals surface area contributed by atoms with E-state index in [4.69, 9.17) is 28.5 Å². The highest BCUT2D eigenvalue weighted by molar-refractivity contribution is 6.19. The Morgan fingerprint density at radius 1 is 0.933 bits per heavy atom. The van der Waals surface area contributed by atoms with Gasteiger partial charge in [-0.1, -0.05) is 5.16 Å². The molecule has 1 unspecified atom stereocenters. The van der Waals surface area contributed by atoms with Crippen LogP contribution in [0.1, 0.15) is 40.7 Å². The maximum atomic E-state index is 13.1. The van der Waals surface area contributed by atoms with Crippen molar-refractivity contribution in [3.63, 3.8) is 0 Å². The molecule has 1 aliphatic heterocycles. The largest absolute Gasteiger partial charge is 0.496 e. The van der Waals surface area contributed by atoms with Crippen molar-refractivity contribution in [3.8, 4) is 28.7 Å². The van der Waals surface area contributed by atoms with Gasteiger partial charge in [0.2, 0.25) is 6.79 Å². The summed E-state index contributed by atoms with van der Waals surface area (Å²) in [5.74, 6) is 2.34. The summed E-state index contributed by atoms with van der Waals surface area (Å²) in [6, 6.07) is 7.05. The summed E-state index contributed by atoms with van der Waals surface area (Å²) in [6.45, 7) is 2.37. The first-order chi connectivity index (χ1) is 14.6. The van der Waals surface area contributed by atoms with Crippen molar-refractivity contribution in [1.82, 2.24) is 0 Å². The van der Waals surface area contributed by atoms with Crippen LogP contribution in [-0.2, 0) is 4.84 Å². The lowest BCUT2D eigenvalue weighted by Gasteiger charge is -2.27. The van der Waals surface area contributed by atoms with Gasteiger partial charge < -0.3 is 28.5 Å². The average Bonchev–Trinajstić information content (AvgIpc) is 3.23. The van der Waals surface area contributed by atoms with E-state index in [1.807, 2.05) is 13.0 Å². The quantitative estimate of drug-likeness (QED) is 0.670. The van der Waals surface area contributed by atoms with E-state index in [1.54, 1.807) is 39.5 Å². The molecule has 0 N–H and O–H groups in total. The molecule has 0 bridgehead atoms. The zero-order valence-electron chi connectivity index (χ0n) is 17.3. The van der Waals surface area contributed by atoms with Gasteiger partial charge in [0, 0.05) is 35.1 Å². The van der Waals surface area contributed by atoms with Crippen LogP contribution in [0.4, 0.5) is 0 Å². The molecule has 1 heterocycles. The van der Waals surface area contributed by atoms with Crippen molar-refractivity contribution in [2.75, 3.05) is 34.7 Å². The maximum Gasteiger partial charge on any atom is 0.231 e. The Morgan fingerprint density at radius 2 is 1.57 bits per heavy atom. The summed E-state index contributed by atoms with van der Waals surface area (Å²) < 4.78 is 27.4. The van der Waals surface area contributed by atoms with E-state index < -0.39 is 5.92 Å². The smallest absolute Gasteiger partial charge is 0.231 e. The fourth-order valence-electron chi connectivity index (χ4n) is 3.79. The Bertz CT molecular complexity index is 1020. The van der Waals surface area contributed by atoms with Gasteiger partial charge in [-0.15, -0.1) is 0 Å². The van der Waals surface area contributed by atoms with E-state index in [0.717, 1.165) is 5.56 Å². The van der Waals surface area contributed by atoms with Gasteiger partial charge in [0.05, 0.1) is 27.0 Å². The van der Waals surface area contributed by atoms with Crippen molar-refractivity contribution < 1.29 is 33.3 Å². The molecule has 8 nitrogen and oxygen atoms in total. The molecule has 0 amide bonds. The second-order valence-electron chi connectivity index (χ2n) is 6.77. The molecule has 2 aromatic rings. The van der Waals surface area contributed by atoms with Crippen molar-refractivity contribution in [1.29, 1.82) is 0 Å². The number of methoxy groups -OCH3 is 3. The second kappa shape index (κ2) is 8.14. The van der Waals surface area contributed by atoms with Crippen molar-refractivity contribution in [3.05, 3.63) is 41.0 Å². The third-order valence-corrected chi connectivity index (χ3v) is 5.21. The lowest BCUT2D eigenvalue weighted by atomic mass is 9.77. The van der Waals surface area contributed by atoms with Crippen LogP contribution in [0.3, 0.4) is 0 Å². The summed E-state index contributed by atoms with van der Waals surface area (Å²) in [6.07, 6.45) is 0.199. The van der Waals surface area contributed by atoms with Crippen LogP contribution < -0.4 is 23.7 Å². The Hall–Kier alpha value is -3.42. The topological polar surface area (TPSA) is 84.8 Å². The van der Waals surface area contributed by atoms with E-state index in [0.29, 0.717) is 52.2 Å². The van der Waals surface area contributed by atoms with Crippen LogP contribution in [0.15, 0.2) is 29.4 Å². The van der Waals surface area contributed by atoms with Crippen molar-refractivity contribution >= 4 is 11.5 Å². The highest BCUT2D eigenvalue weighted by Gasteiger charge is 2.37. The van der Waals surface area contributed by atoms with Gasteiger partial charge in [-0.05, 0) is 25.1 Å². The third-order valence-electron chi connectivity index (χ3n) is 5.21. The first-order valence-corrected chi connectivity index (χ1v) is 9.58. The number of hydrogen-bond donors (Lipinski definition) is 0. The van der Waals surface area contributed by atoms with E-state index in [1.165, 1.54) is 0 Å². The summed E-state index contributed by atoms with van der Waals surface area (Å²) >= 11 is 0. The predicted molar refractivity (Wildman–Crippen MR) is 109 cm³/mol. The number of ether oxygens (including phenoxy) is 5. The fraction of sp³-hybridized carbons (Fsp3) is 0.364. The number of fused-ring (bicyclic) bond motifs is 2. The minimum Gasteiger partial charge on any atom is -0.496 e. The molecular weight excluding hydrogens is 390 g/mol. The Morgan fingerprint density at radius 3 is 2.20 bits per heavy atom. The fourth-order valence-corrected chi connectivity index (χ4v) is 3.79. The number of carbonyl (C=O) groups is 1. The SMILES string of the molecule is CCON=C1c2cc3c(cc2C(=O)CC1c1cc(OC)c(OC)cc1OC)OCO3. The number of carbonyl (C=O) groups excluding carboxylic acids is 1. The van der Waals surface area contributed by atoms with Crippen LogP contribution in [0.5, 0.6) is 28.7 Å². The summed E-state index contributed by atoms with van der Waals surface area (Å²) in [4.78, 5) is 18.5. The molecule has 1 atom stereocenters. The van der Waals surface area contributed by atoms with Gasteiger partial charge >= 0.3 is 0 Å². The predicted octanol–water partition coefficient (Wildman–Crippen LogP) is 3.55. The zero-order valence-corrected chi connectivity index (χ0v) is 17.3. The van der Waals surface area contributed by atoms with Gasteiger partial charge in [0.15, 0.2) is 28.8 Å². The molecule has 158 valence electrons. The second-order valence-corrected chi connectivity index (χ2v) is 6.77. The number of ketones is 1. The molecule has 8 heteroatoms. The Labute approximate surface area is 174 Å². The lowest BCUT2D eigenvalue weighted by Crippen LogP contribution is -2.27. The molecule has 30 heavy (non-hydrogen) atoms. The monoisotopic (exact) mass is 413 g/mol. The van der Waals surface area contributed by atoms with Crippen LogP contribution in [-0.4, -0.2) is 46.2 Å². The number of nitrogens with zero attached hydrogens (tertiary/aromatic N) is 1. The van der Waals surface area contributed by atoms with Crippen LogP contribution in [0.25, 0.3) is 0 Å². The Kier molecular flexibility index (Phi) is 5.39. The lowest BCUT2D eigenvalue weighted by molar-refractivity contribution is 0.0974. The Balaban J connectivity index is 1.89. The highest BCUT2D eigenvalue weighted by Crippen LogP contribution is 2.45. The first-order valence-electron chi connectivity index (χ1n) is 9.58. The van der Waals surface area contributed by atoms with Crippen LogP contribution in [0.2, 0.25) is 0 Å². The molecule has 0 radical (unpaired) electrons. The number of rotatable bonds is 6. The van der Waals surface area contributed by atoms with Gasteiger partial charge in [-0.2, -0.15) is 0 Å². The first kappa shape index (κ1) is 19.9. The average molecular weight is 413 g/mol. The molecule has 0 saturated heterocycles. The van der Waals surface area contributed by atoms with Crippen LogP contribution >= 0.6 is 0 Å². The van der Waals surface area contributed by atoms with E-state index in [-0.39, 0.29) is 19.0 Å². The third kappa shape index (κ3) is 3.28. The highest BCUT2D eigenvalue weighted by atomic mass is 16.7. The molecule has 0 spiro atoms. The van der Waals surface area contributed by atoms with Crippen molar-refractivity contribution in [2.45, 2.75) is 19.3 Å². The molecular formula is C22H23NO7. The summed E-state index contributed by atoms with van der Waals surface area (Å²) in [7, 11) is 4.69. The number of Topliss-reactive ketones (excluding diaryl/α,β-unsaturated/α-hetero) is 1. The number of oxime groups is 1. The molecule has 4 rings (SSSR count). The van der Waals surface area contributed by atoms with Gasteiger partial charge in [-0.25, -0.2) is 0 Å². The van der Waals surface area contributed by atoms with Gasteiger partial charge in [0.1, 0.15) is 12.4 Å². The standard InChI is InChI=1S/C22H23NO7/c1-5-30-23-22-14(13-8-18(26-3)19(27-4)10-17(13)25-2)6-16(24)12-7-20-21(9-15(12)22)29-11-28-20/h7-10,14H,5-6,11H2,1-4H3. The molecule has 2 aromatic carbocycles. The minimum absolute atomic E-state index is 0.0272. The number of benzene rings is 2. The molecule has 0 fully saturated rings. The zero-order chi connectivity index (χ0) is 21.3. The summed E-state index contributed by atoms with van der Waals surface area (Å²) in [5.41, 5.74) is 2.57. The van der Waals surface area contributed by atoms with E-state index >= 15 is 0 Å². The molecule has 0 aromatic heterocycles. The van der Waals surface area contributed by atoms with Gasteiger partial charge in [0.25, 0.3) is 0 Å².